The summed E-state index contributed by atoms with van der Waals surface area (Å²) < 4.78 is 5.33. The number of carbonyl (C=O) groups is 1. The van der Waals surface area contributed by atoms with Crippen LogP contribution < -0.4 is 4.74 Å². The largest absolute Gasteiger partial charge is 0.423 e. The molecule has 0 amide bonds. The molecule has 8 nitrogen and oxygen atoms in total. The van der Waals surface area contributed by atoms with E-state index in [9.17, 15) is 25.0 Å². The fourth-order valence-corrected chi connectivity index (χ4v) is 2.78. The number of carbonyl (C=O) groups excluding carboxylic acids is 1. The summed E-state index contributed by atoms with van der Waals surface area (Å²) in [6, 6.07) is 4.85. The number of hydrogen-bond acceptors (Lipinski definition) is 6. The number of allylic oxidation sites excluding steroid dienone is 1. The molecule has 1 aromatic carbocycles. The van der Waals surface area contributed by atoms with Crippen LogP contribution in [0.4, 0.5) is 0 Å². The first-order chi connectivity index (χ1) is 12.3. The molecule has 0 aliphatic heterocycles. The summed E-state index contributed by atoms with van der Waals surface area (Å²) >= 11 is 0. The van der Waals surface area contributed by atoms with Gasteiger partial charge in [-0.1, -0.05) is 31.2 Å². The van der Waals surface area contributed by atoms with E-state index in [0.29, 0.717) is 17.7 Å². The number of nitro groups is 2. The second-order valence-electron chi connectivity index (χ2n) is 6.11. The minimum absolute atomic E-state index is 0.139. The highest BCUT2D eigenvalue weighted by molar-refractivity contribution is 5.84. The van der Waals surface area contributed by atoms with E-state index < -0.39 is 27.9 Å². The van der Waals surface area contributed by atoms with Crippen LogP contribution in [-0.4, -0.2) is 27.9 Å². The smallest absolute Gasteiger partial charge is 0.335 e. The maximum Gasteiger partial charge on any atom is 0.335 e. The van der Waals surface area contributed by atoms with Gasteiger partial charge < -0.3 is 4.74 Å². The first-order valence-electron chi connectivity index (χ1n) is 8.50. The van der Waals surface area contributed by atoms with Gasteiger partial charge in [0.05, 0.1) is 6.42 Å². The number of esters is 1. The van der Waals surface area contributed by atoms with Gasteiger partial charge in [-0.3, -0.25) is 20.2 Å². The molecule has 1 aromatic rings. The quantitative estimate of drug-likeness (QED) is 0.205. The molecule has 1 rings (SSSR count). The Bertz CT molecular complexity index is 673. The number of ether oxygens (including phenoxy) is 1. The molecule has 0 aromatic heterocycles. The zero-order chi connectivity index (χ0) is 19.7. The van der Waals surface area contributed by atoms with Crippen molar-refractivity contribution >= 4 is 5.97 Å². The standard InChI is InChI=1S/C18H24N2O6/c1-4-8-18(21)26-17-10-7-6-9-16(17)14(5-2)12-15(20(24)25)11-13(3)19(22)23/h4,6-10,13-15H,5,11-12H2,1-3H3. The third-order valence-electron chi connectivity index (χ3n) is 4.19. The Kier molecular flexibility index (Phi) is 8.41. The van der Waals surface area contributed by atoms with Gasteiger partial charge in [0.2, 0.25) is 12.1 Å². The van der Waals surface area contributed by atoms with Gasteiger partial charge in [0.25, 0.3) is 0 Å². The van der Waals surface area contributed by atoms with Gasteiger partial charge in [-0.2, -0.15) is 0 Å². The van der Waals surface area contributed by atoms with E-state index in [1.165, 1.54) is 13.0 Å². The highest BCUT2D eigenvalue weighted by Gasteiger charge is 2.32. The van der Waals surface area contributed by atoms with E-state index in [1.54, 1.807) is 37.3 Å². The molecule has 26 heavy (non-hydrogen) atoms. The molecular formula is C18H24N2O6. The van der Waals surface area contributed by atoms with Crippen LogP contribution in [-0.2, 0) is 4.79 Å². The van der Waals surface area contributed by atoms with Crippen LogP contribution in [0, 0.1) is 20.2 Å². The average molecular weight is 364 g/mol. The van der Waals surface area contributed by atoms with E-state index in [2.05, 4.69) is 0 Å². The molecular weight excluding hydrogens is 340 g/mol. The summed E-state index contributed by atoms with van der Waals surface area (Å²) in [7, 11) is 0. The topological polar surface area (TPSA) is 113 Å². The molecule has 0 saturated carbocycles. The molecule has 0 bridgehead atoms. The molecule has 0 aliphatic rings. The van der Waals surface area contributed by atoms with Crippen LogP contribution in [0.15, 0.2) is 36.4 Å². The van der Waals surface area contributed by atoms with E-state index in [4.69, 9.17) is 4.74 Å². The summed E-state index contributed by atoms with van der Waals surface area (Å²) in [4.78, 5) is 33.0. The lowest BCUT2D eigenvalue weighted by molar-refractivity contribution is -0.558. The monoisotopic (exact) mass is 364 g/mol. The summed E-state index contributed by atoms with van der Waals surface area (Å²) in [5.41, 5.74) is 0.688. The number of rotatable bonds is 10. The summed E-state index contributed by atoms with van der Waals surface area (Å²) in [6.45, 7) is 4.94. The molecule has 3 atom stereocenters. The Morgan fingerprint density at radius 3 is 2.38 bits per heavy atom. The Morgan fingerprint density at radius 1 is 1.19 bits per heavy atom. The van der Waals surface area contributed by atoms with Crippen molar-refractivity contribution in [3.05, 3.63) is 62.2 Å². The number of para-hydroxylation sites is 1. The van der Waals surface area contributed by atoms with Crippen molar-refractivity contribution in [3.63, 3.8) is 0 Å². The van der Waals surface area contributed by atoms with Crippen LogP contribution in [0.5, 0.6) is 5.75 Å². The minimum Gasteiger partial charge on any atom is -0.423 e. The van der Waals surface area contributed by atoms with Gasteiger partial charge in [0.1, 0.15) is 5.75 Å². The second kappa shape index (κ2) is 10.3. The number of benzene rings is 1. The van der Waals surface area contributed by atoms with Crippen molar-refractivity contribution in [2.75, 3.05) is 0 Å². The molecule has 0 heterocycles. The fraction of sp³-hybridized carbons (Fsp3) is 0.500. The van der Waals surface area contributed by atoms with E-state index >= 15 is 0 Å². The molecule has 0 spiro atoms. The van der Waals surface area contributed by atoms with Crippen LogP contribution in [0.3, 0.4) is 0 Å². The normalized spacial score (nSPS) is 14.6. The van der Waals surface area contributed by atoms with Gasteiger partial charge in [-0.25, -0.2) is 4.79 Å². The van der Waals surface area contributed by atoms with Gasteiger partial charge in [-0.15, -0.1) is 0 Å². The van der Waals surface area contributed by atoms with Gasteiger partial charge in [0.15, 0.2) is 0 Å². The lowest BCUT2D eigenvalue weighted by Gasteiger charge is -2.20. The zero-order valence-electron chi connectivity index (χ0n) is 15.2. The third kappa shape index (κ3) is 6.27. The Hall–Kier alpha value is -2.77. The van der Waals surface area contributed by atoms with E-state index in [0.717, 1.165) is 0 Å². The first-order valence-corrected chi connectivity index (χ1v) is 8.50. The molecule has 0 aliphatic carbocycles. The summed E-state index contributed by atoms with van der Waals surface area (Å²) in [5.74, 6) is -0.423. The summed E-state index contributed by atoms with van der Waals surface area (Å²) in [5, 5.41) is 22.2. The molecule has 0 radical (unpaired) electrons. The SMILES string of the molecule is CC=CC(=O)Oc1ccccc1C(CC)CC(CC(C)[N+](=O)[O-])[N+](=O)[O-]. The molecule has 0 saturated heterocycles. The third-order valence-corrected chi connectivity index (χ3v) is 4.19. The van der Waals surface area contributed by atoms with Crippen molar-refractivity contribution in [1.82, 2.24) is 0 Å². The summed E-state index contributed by atoms with van der Waals surface area (Å²) in [6.07, 6.45) is 3.42. The molecule has 142 valence electrons. The molecule has 0 fully saturated rings. The molecule has 8 heteroatoms. The van der Waals surface area contributed by atoms with Crippen LogP contribution in [0.1, 0.15) is 51.5 Å². The molecule has 3 unspecified atom stereocenters. The second-order valence-corrected chi connectivity index (χ2v) is 6.11. The highest BCUT2D eigenvalue weighted by Crippen LogP contribution is 2.33. The first kappa shape index (κ1) is 21.3. The van der Waals surface area contributed by atoms with E-state index in [1.807, 2.05) is 6.92 Å². The van der Waals surface area contributed by atoms with Crippen molar-refractivity contribution in [1.29, 1.82) is 0 Å². The van der Waals surface area contributed by atoms with E-state index in [-0.39, 0.29) is 18.8 Å². The number of hydrogen-bond donors (Lipinski definition) is 0. The fourth-order valence-electron chi connectivity index (χ4n) is 2.78. The minimum atomic E-state index is -1.04. The zero-order valence-corrected chi connectivity index (χ0v) is 15.2. The Morgan fingerprint density at radius 2 is 1.85 bits per heavy atom. The molecule has 0 N–H and O–H groups in total. The predicted octanol–water partition coefficient (Wildman–Crippen LogP) is 3.75. The van der Waals surface area contributed by atoms with Crippen molar-refractivity contribution < 1.29 is 19.4 Å². The number of nitrogens with zero attached hydrogens (tertiary/aromatic N) is 2. The lowest BCUT2D eigenvalue weighted by atomic mass is 9.87. The van der Waals surface area contributed by atoms with Gasteiger partial charge in [-0.05, 0) is 30.9 Å². The van der Waals surface area contributed by atoms with Gasteiger partial charge in [0, 0.05) is 29.3 Å². The Balaban J connectivity index is 3.04. The van der Waals surface area contributed by atoms with Crippen LogP contribution in [0.2, 0.25) is 0 Å². The average Bonchev–Trinajstić information content (AvgIpc) is 2.59. The van der Waals surface area contributed by atoms with Gasteiger partial charge >= 0.3 is 5.97 Å². The van der Waals surface area contributed by atoms with Crippen molar-refractivity contribution in [2.45, 2.75) is 58.0 Å². The van der Waals surface area contributed by atoms with Crippen molar-refractivity contribution in [3.8, 4) is 5.75 Å². The maximum absolute atomic E-state index is 11.7. The van der Waals surface area contributed by atoms with Crippen LogP contribution >= 0.6 is 0 Å². The van der Waals surface area contributed by atoms with Crippen molar-refractivity contribution in [2.24, 2.45) is 0 Å². The Labute approximate surface area is 152 Å². The predicted molar refractivity (Wildman–Crippen MR) is 96.4 cm³/mol. The van der Waals surface area contributed by atoms with Crippen LogP contribution in [0.25, 0.3) is 0 Å². The maximum atomic E-state index is 11.7. The highest BCUT2D eigenvalue weighted by atomic mass is 16.6. The lowest BCUT2D eigenvalue weighted by Crippen LogP contribution is -2.30.